The molecule has 0 radical (unpaired) electrons. The number of benzene rings is 1. The van der Waals surface area contributed by atoms with Gasteiger partial charge in [0.2, 0.25) is 0 Å². The molecule has 0 bridgehead atoms. The van der Waals surface area contributed by atoms with E-state index in [-0.39, 0.29) is 0 Å². The number of carbonyl (C=O) groups excluding carboxylic acids is 2. The molecule has 6 heteroatoms. The number of aryl methyl sites for hydroxylation is 1. The number of fused-ring (bicyclic) bond motifs is 1. The molecule has 0 saturated carbocycles. The predicted octanol–water partition coefficient (Wildman–Crippen LogP) is 3.45. The lowest BCUT2D eigenvalue weighted by Gasteiger charge is -2.31. The van der Waals surface area contributed by atoms with Crippen LogP contribution in [0.15, 0.2) is 30.9 Å². The average molecular weight is 384 g/mol. The van der Waals surface area contributed by atoms with Gasteiger partial charge in [-0.1, -0.05) is 24.1 Å². The topological polar surface area (TPSA) is 67.9 Å². The van der Waals surface area contributed by atoms with Crippen molar-refractivity contribution in [2.45, 2.75) is 45.6 Å². The standard InChI is InChI=1S/C22H28N2O4/c1-5-15-24-16-9-11-17-10-8-12-18(20(17)24)27-19(25)13-6-7-14-23-21(26)28-22(2,3)4/h5,8,10,12H,1,7,9,11,14-16H2,2-4H3,(H,23,26). The molecule has 1 aliphatic rings. The zero-order valence-electron chi connectivity index (χ0n) is 16.8. The maximum absolute atomic E-state index is 12.1. The molecule has 0 atom stereocenters. The number of ether oxygens (including phenoxy) is 2. The summed E-state index contributed by atoms with van der Waals surface area (Å²) in [4.78, 5) is 25.8. The first kappa shape index (κ1) is 21.4. The van der Waals surface area contributed by atoms with E-state index in [1.807, 2.05) is 12.1 Å². The quantitative estimate of drug-likeness (QED) is 0.210. The van der Waals surface area contributed by atoms with E-state index < -0.39 is 17.7 Å². The van der Waals surface area contributed by atoms with Crippen molar-refractivity contribution < 1.29 is 19.1 Å². The van der Waals surface area contributed by atoms with Crippen LogP contribution in [-0.4, -0.2) is 37.3 Å². The highest BCUT2D eigenvalue weighted by molar-refractivity contribution is 5.91. The summed E-state index contributed by atoms with van der Waals surface area (Å²) in [6.45, 7) is 11.1. The van der Waals surface area contributed by atoms with Crippen molar-refractivity contribution in [1.82, 2.24) is 5.32 Å². The van der Waals surface area contributed by atoms with Crippen LogP contribution in [0.1, 0.15) is 39.2 Å². The first-order valence-corrected chi connectivity index (χ1v) is 9.45. The Balaban J connectivity index is 1.90. The maximum Gasteiger partial charge on any atom is 0.407 e. The minimum absolute atomic E-state index is 0.295. The lowest BCUT2D eigenvalue weighted by Crippen LogP contribution is -2.32. The summed E-state index contributed by atoms with van der Waals surface area (Å²) in [5.74, 6) is 5.08. The molecule has 1 aromatic carbocycles. The van der Waals surface area contributed by atoms with E-state index in [4.69, 9.17) is 9.47 Å². The molecular formula is C22H28N2O4. The Morgan fingerprint density at radius 2 is 2.14 bits per heavy atom. The van der Waals surface area contributed by atoms with E-state index >= 15 is 0 Å². The minimum atomic E-state index is -0.616. The lowest BCUT2D eigenvalue weighted by atomic mass is 10.0. The van der Waals surface area contributed by atoms with E-state index in [0.717, 1.165) is 30.6 Å². The van der Waals surface area contributed by atoms with Gasteiger partial charge in [0, 0.05) is 32.0 Å². The molecule has 1 aliphatic heterocycles. The minimum Gasteiger partial charge on any atom is -0.444 e. The largest absolute Gasteiger partial charge is 0.444 e. The highest BCUT2D eigenvalue weighted by atomic mass is 16.6. The van der Waals surface area contributed by atoms with Crippen molar-refractivity contribution in [3.05, 3.63) is 36.4 Å². The second kappa shape index (κ2) is 9.84. The fraction of sp³-hybridized carbons (Fsp3) is 0.455. The number of para-hydroxylation sites is 1. The molecule has 1 amide bonds. The Hall–Kier alpha value is -2.94. The zero-order valence-corrected chi connectivity index (χ0v) is 16.8. The molecule has 0 saturated heterocycles. The van der Waals surface area contributed by atoms with Crippen molar-refractivity contribution in [3.8, 4) is 17.6 Å². The summed E-state index contributed by atoms with van der Waals surface area (Å²) in [6, 6.07) is 5.72. The molecule has 0 spiro atoms. The third kappa shape index (κ3) is 6.66. The number of alkyl carbamates (subject to hydrolysis) is 1. The lowest BCUT2D eigenvalue weighted by molar-refractivity contribution is -0.128. The third-order valence-electron chi connectivity index (χ3n) is 3.93. The van der Waals surface area contributed by atoms with Gasteiger partial charge in [0.25, 0.3) is 0 Å². The third-order valence-corrected chi connectivity index (χ3v) is 3.93. The average Bonchev–Trinajstić information content (AvgIpc) is 2.60. The van der Waals surface area contributed by atoms with E-state index in [1.54, 1.807) is 26.8 Å². The molecule has 6 nitrogen and oxygen atoms in total. The molecule has 2 rings (SSSR count). The van der Waals surface area contributed by atoms with Gasteiger partial charge in [0.05, 0.1) is 5.69 Å². The van der Waals surface area contributed by atoms with Gasteiger partial charge in [-0.3, -0.25) is 0 Å². The van der Waals surface area contributed by atoms with Gasteiger partial charge < -0.3 is 19.7 Å². The second-order valence-corrected chi connectivity index (χ2v) is 7.47. The fourth-order valence-corrected chi connectivity index (χ4v) is 2.92. The molecule has 1 aromatic rings. The molecule has 0 aromatic heterocycles. The molecule has 1 heterocycles. The fourth-order valence-electron chi connectivity index (χ4n) is 2.92. The van der Waals surface area contributed by atoms with Crippen molar-refractivity contribution in [2.24, 2.45) is 0 Å². The normalized spacial score (nSPS) is 12.9. The van der Waals surface area contributed by atoms with Gasteiger partial charge in [-0.25, -0.2) is 9.59 Å². The first-order chi connectivity index (χ1) is 13.3. The predicted molar refractivity (Wildman–Crippen MR) is 109 cm³/mol. The highest BCUT2D eigenvalue weighted by Gasteiger charge is 2.21. The number of anilines is 1. The van der Waals surface area contributed by atoms with Crippen molar-refractivity contribution in [1.29, 1.82) is 0 Å². The SMILES string of the molecule is C=CCN1CCCc2cccc(OC(=O)C#CCCNC(=O)OC(C)(C)C)c21. The van der Waals surface area contributed by atoms with Crippen LogP contribution in [0.4, 0.5) is 10.5 Å². The Bertz CT molecular complexity index is 784. The number of nitrogens with zero attached hydrogens (tertiary/aromatic N) is 1. The summed E-state index contributed by atoms with van der Waals surface area (Å²) in [7, 11) is 0. The number of rotatable bonds is 5. The van der Waals surface area contributed by atoms with Gasteiger partial charge in [0.15, 0.2) is 5.75 Å². The number of amides is 1. The summed E-state index contributed by atoms with van der Waals surface area (Å²) in [6.07, 6.45) is 3.67. The monoisotopic (exact) mass is 384 g/mol. The van der Waals surface area contributed by atoms with Crippen LogP contribution in [0.5, 0.6) is 5.75 Å². The number of esters is 1. The van der Waals surface area contributed by atoms with Crippen molar-refractivity contribution in [3.63, 3.8) is 0 Å². The first-order valence-electron chi connectivity index (χ1n) is 9.45. The Labute approximate surface area is 166 Å². The number of hydrogen-bond donors (Lipinski definition) is 1. The smallest absolute Gasteiger partial charge is 0.407 e. The summed E-state index contributed by atoms with van der Waals surface area (Å²) >= 11 is 0. The number of nitrogens with one attached hydrogen (secondary N) is 1. The van der Waals surface area contributed by atoms with E-state index in [0.29, 0.717) is 25.3 Å². The molecule has 150 valence electrons. The molecule has 0 unspecified atom stereocenters. The van der Waals surface area contributed by atoms with E-state index in [2.05, 4.69) is 34.7 Å². The van der Waals surface area contributed by atoms with Gasteiger partial charge in [0.1, 0.15) is 5.60 Å². The summed E-state index contributed by atoms with van der Waals surface area (Å²) in [5, 5.41) is 2.59. The van der Waals surface area contributed by atoms with Crippen LogP contribution in [0.25, 0.3) is 0 Å². The molecular weight excluding hydrogens is 356 g/mol. The van der Waals surface area contributed by atoms with Crippen LogP contribution in [0, 0.1) is 11.8 Å². The molecule has 28 heavy (non-hydrogen) atoms. The molecule has 0 aliphatic carbocycles. The van der Waals surface area contributed by atoms with Gasteiger partial charge in [-0.05, 0) is 45.2 Å². The Kier molecular flexibility index (Phi) is 7.51. The van der Waals surface area contributed by atoms with Gasteiger partial charge >= 0.3 is 12.1 Å². The Morgan fingerprint density at radius 3 is 2.86 bits per heavy atom. The summed E-state index contributed by atoms with van der Waals surface area (Å²) in [5.41, 5.74) is 1.55. The van der Waals surface area contributed by atoms with Gasteiger partial charge in [-0.2, -0.15) is 0 Å². The Morgan fingerprint density at radius 1 is 1.36 bits per heavy atom. The molecule has 1 N–H and O–H groups in total. The molecule has 0 fully saturated rings. The number of hydrogen-bond acceptors (Lipinski definition) is 5. The van der Waals surface area contributed by atoms with Crippen LogP contribution in [0.3, 0.4) is 0 Å². The highest BCUT2D eigenvalue weighted by Crippen LogP contribution is 2.36. The second-order valence-electron chi connectivity index (χ2n) is 7.47. The zero-order chi connectivity index (χ0) is 20.6. The van der Waals surface area contributed by atoms with Gasteiger partial charge in [-0.15, -0.1) is 6.58 Å². The van der Waals surface area contributed by atoms with Crippen LogP contribution in [0.2, 0.25) is 0 Å². The van der Waals surface area contributed by atoms with E-state index in [9.17, 15) is 9.59 Å². The number of carbonyl (C=O) groups is 2. The van der Waals surface area contributed by atoms with Crippen LogP contribution >= 0.6 is 0 Å². The van der Waals surface area contributed by atoms with Crippen molar-refractivity contribution >= 4 is 17.7 Å². The van der Waals surface area contributed by atoms with E-state index in [1.165, 1.54) is 0 Å². The van der Waals surface area contributed by atoms with Crippen molar-refractivity contribution in [2.75, 3.05) is 24.5 Å². The maximum atomic E-state index is 12.1. The van der Waals surface area contributed by atoms with Crippen LogP contribution in [-0.2, 0) is 16.0 Å². The van der Waals surface area contributed by atoms with Crippen LogP contribution < -0.4 is 15.0 Å². The summed E-state index contributed by atoms with van der Waals surface area (Å²) < 4.78 is 10.6.